The molecule has 3 nitrogen and oxygen atoms in total. The van der Waals surface area contributed by atoms with Crippen LogP contribution in [0.25, 0.3) is 0 Å². The highest BCUT2D eigenvalue weighted by Gasteiger charge is 2.20. The van der Waals surface area contributed by atoms with Gasteiger partial charge in [-0.1, -0.05) is 25.5 Å². The predicted octanol–water partition coefficient (Wildman–Crippen LogP) is 3.74. The average Bonchev–Trinajstić information content (AvgIpc) is 3.21. The highest BCUT2D eigenvalue weighted by atomic mass is 16.5. The van der Waals surface area contributed by atoms with Crippen molar-refractivity contribution >= 4 is 11.6 Å². The van der Waals surface area contributed by atoms with Crippen LogP contribution < -0.4 is 5.32 Å². The molecule has 0 atom stereocenters. The number of carbonyl (C=O) groups is 1. The Labute approximate surface area is 115 Å². The molecule has 104 valence electrons. The van der Waals surface area contributed by atoms with Crippen LogP contribution in [-0.2, 0) is 16.1 Å². The van der Waals surface area contributed by atoms with Gasteiger partial charge in [-0.15, -0.1) is 0 Å². The summed E-state index contributed by atoms with van der Waals surface area (Å²) in [6.07, 6.45) is 5.21. The summed E-state index contributed by atoms with van der Waals surface area (Å²) < 4.78 is 5.66. The normalized spacial score (nSPS) is 14.4. The molecule has 0 aliphatic heterocycles. The van der Waals surface area contributed by atoms with Crippen molar-refractivity contribution in [1.29, 1.82) is 0 Å². The summed E-state index contributed by atoms with van der Waals surface area (Å²) >= 11 is 0. The van der Waals surface area contributed by atoms with E-state index < -0.39 is 0 Å². The first-order valence-electron chi connectivity index (χ1n) is 7.24. The number of unbranched alkanes of at least 4 members (excludes halogenated alkanes) is 1. The van der Waals surface area contributed by atoms with Crippen LogP contribution >= 0.6 is 0 Å². The molecule has 1 aliphatic rings. The van der Waals surface area contributed by atoms with Crippen molar-refractivity contribution in [3.8, 4) is 0 Å². The fraction of sp³-hybridized carbons (Fsp3) is 0.562. The minimum absolute atomic E-state index is 0.0953. The maximum absolute atomic E-state index is 11.7. The molecule has 1 aliphatic carbocycles. The van der Waals surface area contributed by atoms with Gasteiger partial charge in [0.25, 0.3) is 0 Å². The van der Waals surface area contributed by atoms with Gasteiger partial charge >= 0.3 is 0 Å². The SMILES string of the molecule is CCCCC(=O)Nc1cccc(COCC2CC2)c1. The molecule has 1 N–H and O–H groups in total. The fourth-order valence-electron chi connectivity index (χ4n) is 1.93. The fourth-order valence-corrected chi connectivity index (χ4v) is 1.93. The molecule has 1 saturated carbocycles. The second-order valence-electron chi connectivity index (χ2n) is 5.31. The third kappa shape index (κ3) is 5.43. The number of nitrogens with one attached hydrogen (secondary N) is 1. The van der Waals surface area contributed by atoms with Gasteiger partial charge in [0, 0.05) is 18.7 Å². The zero-order chi connectivity index (χ0) is 13.5. The summed E-state index contributed by atoms with van der Waals surface area (Å²) in [5.41, 5.74) is 1.99. The lowest BCUT2D eigenvalue weighted by atomic mass is 10.2. The first kappa shape index (κ1) is 14.1. The van der Waals surface area contributed by atoms with Crippen LogP contribution in [0.15, 0.2) is 24.3 Å². The zero-order valence-electron chi connectivity index (χ0n) is 11.7. The molecule has 1 aromatic carbocycles. The van der Waals surface area contributed by atoms with Crippen molar-refractivity contribution in [3.63, 3.8) is 0 Å². The molecular formula is C16H23NO2. The van der Waals surface area contributed by atoms with Crippen LogP contribution in [0.3, 0.4) is 0 Å². The van der Waals surface area contributed by atoms with Gasteiger partial charge in [0.2, 0.25) is 5.91 Å². The van der Waals surface area contributed by atoms with Crippen molar-refractivity contribution in [1.82, 2.24) is 0 Å². The second-order valence-corrected chi connectivity index (χ2v) is 5.31. The van der Waals surface area contributed by atoms with Crippen LogP contribution in [0.1, 0.15) is 44.6 Å². The monoisotopic (exact) mass is 261 g/mol. The first-order chi connectivity index (χ1) is 9.28. The maximum Gasteiger partial charge on any atom is 0.224 e. The number of ether oxygens (including phenoxy) is 1. The topological polar surface area (TPSA) is 38.3 Å². The summed E-state index contributed by atoms with van der Waals surface area (Å²) in [6, 6.07) is 7.92. The lowest BCUT2D eigenvalue weighted by Crippen LogP contribution is -2.11. The van der Waals surface area contributed by atoms with E-state index >= 15 is 0 Å². The van der Waals surface area contributed by atoms with Gasteiger partial charge in [-0.2, -0.15) is 0 Å². The molecule has 0 radical (unpaired) electrons. The Morgan fingerprint density at radius 3 is 3.00 bits per heavy atom. The van der Waals surface area contributed by atoms with Crippen LogP contribution in [0, 0.1) is 5.92 Å². The molecule has 0 heterocycles. The standard InChI is InChI=1S/C16H23NO2/c1-2-3-7-16(18)17-15-6-4-5-14(10-15)12-19-11-13-8-9-13/h4-6,10,13H,2-3,7-9,11-12H2,1H3,(H,17,18). The molecule has 1 aromatic rings. The van der Waals surface area contributed by atoms with Crippen molar-refractivity contribution in [2.24, 2.45) is 5.92 Å². The average molecular weight is 261 g/mol. The molecule has 19 heavy (non-hydrogen) atoms. The van der Waals surface area contributed by atoms with Crippen LogP contribution in [0.2, 0.25) is 0 Å². The van der Waals surface area contributed by atoms with E-state index in [4.69, 9.17) is 4.74 Å². The number of carbonyl (C=O) groups excluding carboxylic acids is 1. The third-order valence-electron chi connectivity index (χ3n) is 3.29. The molecular weight excluding hydrogens is 238 g/mol. The summed E-state index contributed by atoms with van der Waals surface area (Å²) in [4.78, 5) is 11.7. The smallest absolute Gasteiger partial charge is 0.224 e. The van der Waals surface area contributed by atoms with E-state index in [9.17, 15) is 4.79 Å². The Bertz CT molecular complexity index is 413. The summed E-state index contributed by atoms with van der Waals surface area (Å²) in [6.45, 7) is 3.59. The molecule has 1 amide bonds. The van der Waals surface area contributed by atoms with Crippen molar-refractivity contribution < 1.29 is 9.53 Å². The largest absolute Gasteiger partial charge is 0.376 e. The number of hydrogen-bond donors (Lipinski definition) is 1. The third-order valence-corrected chi connectivity index (χ3v) is 3.29. The van der Waals surface area contributed by atoms with Crippen molar-refractivity contribution in [2.45, 2.75) is 45.6 Å². The van der Waals surface area contributed by atoms with Crippen molar-refractivity contribution in [2.75, 3.05) is 11.9 Å². The summed E-state index contributed by atoms with van der Waals surface area (Å²) in [7, 11) is 0. The van der Waals surface area contributed by atoms with E-state index in [1.54, 1.807) is 0 Å². The van der Waals surface area contributed by atoms with Gasteiger partial charge in [-0.05, 0) is 42.9 Å². The number of rotatable bonds is 8. The lowest BCUT2D eigenvalue weighted by Gasteiger charge is -2.08. The van der Waals surface area contributed by atoms with E-state index in [-0.39, 0.29) is 5.91 Å². The minimum atomic E-state index is 0.0953. The molecule has 2 rings (SSSR count). The highest BCUT2D eigenvalue weighted by molar-refractivity contribution is 5.90. The molecule has 0 unspecified atom stereocenters. The van der Waals surface area contributed by atoms with Crippen LogP contribution in [0.4, 0.5) is 5.69 Å². The molecule has 0 spiro atoms. The summed E-state index contributed by atoms with van der Waals surface area (Å²) in [5.74, 6) is 0.884. The Morgan fingerprint density at radius 1 is 1.42 bits per heavy atom. The Morgan fingerprint density at radius 2 is 2.26 bits per heavy atom. The minimum Gasteiger partial charge on any atom is -0.376 e. The van der Waals surface area contributed by atoms with Gasteiger partial charge in [0.15, 0.2) is 0 Å². The van der Waals surface area contributed by atoms with Gasteiger partial charge in [-0.3, -0.25) is 4.79 Å². The Kier molecular flexibility index (Phi) is 5.40. The molecule has 3 heteroatoms. The van der Waals surface area contributed by atoms with E-state index in [1.165, 1.54) is 12.8 Å². The predicted molar refractivity (Wildman–Crippen MR) is 77.0 cm³/mol. The van der Waals surface area contributed by atoms with E-state index in [0.717, 1.165) is 36.6 Å². The molecule has 0 aromatic heterocycles. The number of hydrogen-bond acceptors (Lipinski definition) is 2. The second kappa shape index (κ2) is 7.29. The van der Waals surface area contributed by atoms with Gasteiger partial charge in [0.05, 0.1) is 6.61 Å². The van der Waals surface area contributed by atoms with Crippen molar-refractivity contribution in [3.05, 3.63) is 29.8 Å². The van der Waals surface area contributed by atoms with E-state index in [1.807, 2.05) is 24.3 Å². The molecule has 1 fully saturated rings. The zero-order valence-corrected chi connectivity index (χ0v) is 11.7. The van der Waals surface area contributed by atoms with Gasteiger partial charge < -0.3 is 10.1 Å². The van der Waals surface area contributed by atoms with E-state index in [0.29, 0.717) is 13.0 Å². The number of benzene rings is 1. The quantitative estimate of drug-likeness (QED) is 0.774. The molecule has 0 saturated heterocycles. The lowest BCUT2D eigenvalue weighted by molar-refractivity contribution is -0.116. The maximum atomic E-state index is 11.7. The van der Waals surface area contributed by atoms with Crippen LogP contribution in [-0.4, -0.2) is 12.5 Å². The van der Waals surface area contributed by atoms with E-state index in [2.05, 4.69) is 12.2 Å². The molecule has 0 bridgehead atoms. The Hall–Kier alpha value is -1.35. The number of anilines is 1. The Balaban J connectivity index is 1.78. The highest BCUT2D eigenvalue weighted by Crippen LogP contribution is 2.29. The van der Waals surface area contributed by atoms with Crippen LogP contribution in [0.5, 0.6) is 0 Å². The van der Waals surface area contributed by atoms with Gasteiger partial charge in [-0.25, -0.2) is 0 Å². The number of amides is 1. The van der Waals surface area contributed by atoms with Gasteiger partial charge in [0.1, 0.15) is 0 Å². The first-order valence-corrected chi connectivity index (χ1v) is 7.24. The summed E-state index contributed by atoms with van der Waals surface area (Å²) in [5, 5.41) is 2.93.